The van der Waals surface area contributed by atoms with E-state index in [0.29, 0.717) is 6.54 Å². The third-order valence-electron chi connectivity index (χ3n) is 2.80. The molecule has 0 aliphatic carbocycles. The molecule has 0 fully saturated rings. The molecule has 0 spiro atoms. The summed E-state index contributed by atoms with van der Waals surface area (Å²) in [6.07, 6.45) is 0. The lowest BCUT2D eigenvalue weighted by atomic mass is 9.90. The standard InChI is InChI=1S/C11H15FN2/c1-14-6-8-2-3-10(12)4-11(8)9(5-13)7-14/h2-4,9H,5-7,13H2,1H3. The van der Waals surface area contributed by atoms with E-state index in [1.54, 1.807) is 6.07 Å². The lowest BCUT2D eigenvalue weighted by molar-refractivity contribution is 0.282. The fraction of sp³-hybridized carbons (Fsp3) is 0.455. The Bertz CT molecular complexity index is 338. The highest BCUT2D eigenvalue weighted by molar-refractivity contribution is 5.33. The third-order valence-corrected chi connectivity index (χ3v) is 2.80. The molecule has 0 saturated heterocycles. The van der Waals surface area contributed by atoms with E-state index in [1.165, 1.54) is 11.6 Å². The van der Waals surface area contributed by atoms with E-state index in [-0.39, 0.29) is 11.7 Å². The van der Waals surface area contributed by atoms with Gasteiger partial charge >= 0.3 is 0 Å². The van der Waals surface area contributed by atoms with Gasteiger partial charge in [0, 0.05) is 25.6 Å². The zero-order valence-electron chi connectivity index (χ0n) is 8.33. The van der Waals surface area contributed by atoms with Crippen molar-refractivity contribution in [3.05, 3.63) is 35.1 Å². The number of fused-ring (bicyclic) bond motifs is 1. The van der Waals surface area contributed by atoms with Gasteiger partial charge in [-0.05, 0) is 30.3 Å². The van der Waals surface area contributed by atoms with E-state index in [9.17, 15) is 4.39 Å². The summed E-state index contributed by atoms with van der Waals surface area (Å²) in [5, 5.41) is 0. The maximum Gasteiger partial charge on any atom is 0.123 e. The highest BCUT2D eigenvalue weighted by atomic mass is 19.1. The molecule has 14 heavy (non-hydrogen) atoms. The van der Waals surface area contributed by atoms with E-state index < -0.39 is 0 Å². The summed E-state index contributed by atoms with van der Waals surface area (Å²) in [5.74, 6) is 0.117. The van der Waals surface area contributed by atoms with Crippen LogP contribution in [0.5, 0.6) is 0 Å². The van der Waals surface area contributed by atoms with Crippen molar-refractivity contribution in [2.24, 2.45) is 5.73 Å². The minimum absolute atomic E-state index is 0.160. The number of nitrogens with zero attached hydrogens (tertiary/aromatic N) is 1. The predicted molar refractivity (Wildman–Crippen MR) is 54.5 cm³/mol. The molecule has 0 radical (unpaired) electrons. The zero-order chi connectivity index (χ0) is 10.1. The van der Waals surface area contributed by atoms with Crippen molar-refractivity contribution in [1.29, 1.82) is 0 Å². The van der Waals surface area contributed by atoms with Gasteiger partial charge in [0.15, 0.2) is 0 Å². The number of nitrogens with two attached hydrogens (primary N) is 1. The van der Waals surface area contributed by atoms with Crippen molar-refractivity contribution in [3.8, 4) is 0 Å². The number of halogens is 1. The van der Waals surface area contributed by atoms with Crippen LogP contribution in [0.2, 0.25) is 0 Å². The molecular weight excluding hydrogens is 179 g/mol. The van der Waals surface area contributed by atoms with Crippen LogP contribution in [-0.2, 0) is 6.54 Å². The van der Waals surface area contributed by atoms with Gasteiger partial charge in [-0.2, -0.15) is 0 Å². The molecule has 76 valence electrons. The molecule has 1 aliphatic heterocycles. The normalized spacial score (nSPS) is 22.1. The van der Waals surface area contributed by atoms with Crippen molar-refractivity contribution in [2.75, 3.05) is 20.1 Å². The Hall–Kier alpha value is -0.930. The smallest absolute Gasteiger partial charge is 0.123 e. The molecule has 1 aromatic carbocycles. The van der Waals surface area contributed by atoms with Gasteiger partial charge in [-0.25, -0.2) is 4.39 Å². The number of hydrogen-bond donors (Lipinski definition) is 1. The minimum Gasteiger partial charge on any atom is -0.330 e. The molecule has 2 nitrogen and oxygen atoms in total. The van der Waals surface area contributed by atoms with Crippen LogP contribution in [0.15, 0.2) is 18.2 Å². The maximum absolute atomic E-state index is 13.0. The second kappa shape index (κ2) is 3.67. The fourth-order valence-corrected chi connectivity index (χ4v) is 2.12. The average molecular weight is 194 g/mol. The molecule has 0 saturated carbocycles. The first-order valence-electron chi connectivity index (χ1n) is 4.87. The first-order chi connectivity index (χ1) is 6.70. The number of benzene rings is 1. The molecule has 0 amide bonds. The number of rotatable bonds is 1. The lowest BCUT2D eigenvalue weighted by Gasteiger charge is -2.31. The Morgan fingerprint density at radius 3 is 3.07 bits per heavy atom. The van der Waals surface area contributed by atoms with Gasteiger partial charge < -0.3 is 10.6 Å². The molecule has 1 unspecified atom stereocenters. The third kappa shape index (κ3) is 1.65. The molecule has 2 N–H and O–H groups in total. The van der Waals surface area contributed by atoms with Crippen molar-refractivity contribution in [2.45, 2.75) is 12.5 Å². The summed E-state index contributed by atoms with van der Waals surface area (Å²) >= 11 is 0. The first-order valence-corrected chi connectivity index (χ1v) is 4.87. The SMILES string of the molecule is CN1Cc2ccc(F)cc2C(CN)C1. The maximum atomic E-state index is 13.0. The van der Waals surface area contributed by atoms with Crippen molar-refractivity contribution in [3.63, 3.8) is 0 Å². The average Bonchev–Trinajstić information content (AvgIpc) is 2.17. The predicted octanol–water partition coefficient (Wildman–Crippen LogP) is 1.31. The highest BCUT2D eigenvalue weighted by Gasteiger charge is 2.22. The van der Waals surface area contributed by atoms with Crippen molar-refractivity contribution >= 4 is 0 Å². The lowest BCUT2D eigenvalue weighted by Crippen LogP contribution is -2.34. The van der Waals surface area contributed by atoms with E-state index in [0.717, 1.165) is 18.7 Å². The Morgan fingerprint density at radius 1 is 1.57 bits per heavy atom. The second-order valence-corrected chi connectivity index (χ2v) is 3.97. The Kier molecular flexibility index (Phi) is 2.52. The van der Waals surface area contributed by atoms with Gasteiger partial charge in [-0.1, -0.05) is 6.07 Å². The van der Waals surface area contributed by atoms with E-state index >= 15 is 0 Å². The van der Waals surface area contributed by atoms with Crippen molar-refractivity contribution in [1.82, 2.24) is 4.90 Å². The molecule has 1 atom stereocenters. The van der Waals surface area contributed by atoms with Crippen LogP contribution in [0.4, 0.5) is 4.39 Å². The zero-order valence-corrected chi connectivity index (χ0v) is 8.33. The van der Waals surface area contributed by atoms with E-state index in [4.69, 9.17) is 5.73 Å². The molecular formula is C11H15FN2. The Labute approximate surface area is 83.5 Å². The fourth-order valence-electron chi connectivity index (χ4n) is 2.12. The summed E-state index contributed by atoms with van der Waals surface area (Å²) in [6.45, 7) is 2.40. The Morgan fingerprint density at radius 2 is 2.36 bits per heavy atom. The molecule has 0 aromatic heterocycles. The van der Waals surface area contributed by atoms with Gasteiger partial charge in [0.1, 0.15) is 5.82 Å². The van der Waals surface area contributed by atoms with E-state index in [2.05, 4.69) is 11.9 Å². The second-order valence-electron chi connectivity index (χ2n) is 3.97. The van der Waals surface area contributed by atoms with E-state index in [1.807, 2.05) is 6.07 Å². The number of likely N-dealkylation sites (N-methyl/N-ethyl adjacent to an activating group) is 1. The summed E-state index contributed by atoms with van der Waals surface area (Å²) in [6, 6.07) is 5.01. The van der Waals surface area contributed by atoms with Gasteiger partial charge in [0.2, 0.25) is 0 Å². The molecule has 1 aromatic rings. The van der Waals surface area contributed by atoms with Gasteiger partial charge in [0.05, 0.1) is 0 Å². The quantitative estimate of drug-likeness (QED) is 0.730. The molecule has 2 rings (SSSR count). The van der Waals surface area contributed by atoms with Crippen LogP contribution in [0, 0.1) is 5.82 Å². The summed E-state index contributed by atoms with van der Waals surface area (Å²) in [4.78, 5) is 2.22. The monoisotopic (exact) mass is 194 g/mol. The van der Waals surface area contributed by atoms with Crippen molar-refractivity contribution < 1.29 is 4.39 Å². The largest absolute Gasteiger partial charge is 0.330 e. The van der Waals surface area contributed by atoms with Crippen LogP contribution >= 0.6 is 0 Å². The summed E-state index contributed by atoms with van der Waals surface area (Å²) in [7, 11) is 2.06. The van der Waals surface area contributed by atoms with Gasteiger partial charge in [0.25, 0.3) is 0 Å². The van der Waals surface area contributed by atoms with Crippen LogP contribution in [0.3, 0.4) is 0 Å². The summed E-state index contributed by atoms with van der Waals surface area (Å²) in [5.41, 5.74) is 7.97. The van der Waals surface area contributed by atoms with Gasteiger partial charge in [-0.3, -0.25) is 0 Å². The number of hydrogen-bond acceptors (Lipinski definition) is 2. The molecule has 3 heteroatoms. The van der Waals surface area contributed by atoms with Crippen LogP contribution in [0.1, 0.15) is 17.0 Å². The minimum atomic E-state index is -0.160. The summed E-state index contributed by atoms with van der Waals surface area (Å²) < 4.78 is 13.0. The van der Waals surface area contributed by atoms with Crippen LogP contribution in [0.25, 0.3) is 0 Å². The molecule has 0 bridgehead atoms. The highest BCUT2D eigenvalue weighted by Crippen LogP contribution is 2.27. The Balaban J connectivity index is 2.41. The topological polar surface area (TPSA) is 29.3 Å². The first kappa shape index (κ1) is 9.62. The van der Waals surface area contributed by atoms with Crippen LogP contribution in [-0.4, -0.2) is 25.0 Å². The van der Waals surface area contributed by atoms with Gasteiger partial charge in [-0.15, -0.1) is 0 Å². The van der Waals surface area contributed by atoms with Crippen LogP contribution < -0.4 is 5.73 Å². The molecule has 1 aliphatic rings. The molecule has 1 heterocycles.